The molecule has 0 radical (unpaired) electrons. The molecule has 0 atom stereocenters. The van der Waals surface area contributed by atoms with Crippen LogP contribution in [0.1, 0.15) is 46.0 Å². The topological polar surface area (TPSA) is 65.0 Å². The summed E-state index contributed by atoms with van der Waals surface area (Å²) in [6.45, 7) is 8.95. The molecule has 5 heteroatoms. The van der Waals surface area contributed by atoms with Gasteiger partial charge in [-0.2, -0.15) is 0 Å². The van der Waals surface area contributed by atoms with Crippen molar-refractivity contribution >= 4 is 5.78 Å². The van der Waals surface area contributed by atoms with E-state index >= 15 is 0 Å². The van der Waals surface area contributed by atoms with Gasteiger partial charge < -0.3 is 4.74 Å². The number of hydrogen-bond acceptors (Lipinski definition) is 5. The third-order valence-electron chi connectivity index (χ3n) is 3.17. The third kappa shape index (κ3) is 2.49. The van der Waals surface area contributed by atoms with Crippen molar-refractivity contribution in [1.82, 2.24) is 15.2 Å². The molecule has 0 saturated heterocycles. The predicted octanol–water partition coefficient (Wildman–Crippen LogP) is 1.62. The quantitative estimate of drug-likeness (QED) is 0.796. The summed E-state index contributed by atoms with van der Waals surface area (Å²) in [5, 5.41) is 7.86. The van der Waals surface area contributed by atoms with Gasteiger partial charge in [0.2, 0.25) is 0 Å². The molecule has 0 saturated carbocycles. The van der Waals surface area contributed by atoms with Crippen LogP contribution in [0.5, 0.6) is 0 Å². The van der Waals surface area contributed by atoms with Gasteiger partial charge in [0.1, 0.15) is 23.4 Å². The van der Waals surface area contributed by atoms with E-state index in [1.807, 2.05) is 27.7 Å². The van der Waals surface area contributed by atoms with Crippen LogP contribution in [0.2, 0.25) is 0 Å². The summed E-state index contributed by atoms with van der Waals surface area (Å²) in [6.07, 6.45) is 1.36. The number of rotatable bonds is 4. The molecular weight excluding hydrogens is 218 g/mol. The van der Waals surface area contributed by atoms with Crippen LogP contribution in [0.15, 0.2) is 6.33 Å². The van der Waals surface area contributed by atoms with Gasteiger partial charge in [-0.1, -0.05) is 0 Å². The van der Waals surface area contributed by atoms with Gasteiger partial charge in [0.25, 0.3) is 0 Å². The van der Waals surface area contributed by atoms with Crippen LogP contribution in [0.3, 0.4) is 0 Å². The summed E-state index contributed by atoms with van der Waals surface area (Å²) in [5.41, 5.74) is -0.0979. The van der Waals surface area contributed by atoms with Crippen molar-refractivity contribution < 1.29 is 9.53 Å². The monoisotopic (exact) mass is 237 g/mol. The van der Waals surface area contributed by atoms with Crippen LogP contribution in [-0.2, 0) is 20.5 Å². The number of aromatic nitrogens is 3. The second-order valence-corrected chi connectivity index (χ2v) is 5.05. The van der Waals surface area contributed by atoms with Crippen LogP contribution in [0.25, 0.3) is 0 Å². The van der Waals surface area contributed by atoms with Gasteiger partial charge in [0, 0.05) is 7.11 Å². The highest BCUT2D eigenvalue weighted by Gasteiger charge is 2.36. The van der Waals surface area contributed by atoms with E-state index in [4.69, 9.17) is 4.74 Å². The number of ether oxygens (including phenoxy) is 1. The Morgan fingerprint density at radius 3 is 2.29 bits per heavy atom. The molecule has 0 aliphatic rings. The van der Waals surface area contributed by atoms with Crippen molar-refractivity contribution in [3.05, 3.63) is 17.7 Å². The third-order valence-corrected chi connectivity index (χ3v) is 3.17. The molecule has 17 heavy (non-hydrogen) atoms. The first-order valence-corrected chi connectivity index (χ1v) is 5.48. The Balaban J connectivity index is 3.41. The number of nitrogens with zero attached hydrogens (tertiary/aromatic N) is 3. The van der Waals surface area contributed by atoms with Gasteiger partial charge >= 0.3 is 0 Å². The highest BCUT2D eigenvalue weighted by atomic mass is 16.5. The molecule has 1 aromatic rings. The normalized spacial score (nSPS) is 12.6. The van der Waals surface area contributed by atoms with Crippen molar-refractivity contribution in [3.8, 4) is 0 Å². The van der Waals surface area contributed by atoms with E-state index in [2.05, 4.69) is 15.2 Å². The molecule has 94 valence electrons. The number of hydrogen-bond donors (Lipinski definition) is 0. The summed E-state index contributed by atoms with van der Waals surface area (Å²) < 4.78 is 5.39. The van der Waals surface area contributed by atoms with Crippen molar-refractivity contribution in [2.24, 2.45) is 0 Å². The fourth-order valence-corrected chi connectivity index (χ4v) is 1.40. The molecule has 0 N–H and O–H groups in total. The average molecular weight is 237 g/mol. The van der Waals surface area contributed by atoms with E-state index in [0.29, 0.717) is 11.4 Å². The van der Waals surface area contributed by atoms with Crippen molar-refractivity contribution in [3.63, 3.8) is 0 Å². The maximum absolute atomic E-state index is 11.7. The molecule has 1 aromatic heterocycles. The Morgan fingerprint density at radius 2 is 1.82 bits per heavy atom. The number of Topliss-reactive ketones (excluding diaryl/α,β-unsaturated/α-hetero) is 1. The van der Waals surface area contributed by atoms with E-state index < -0.39 is 11.0 Å². The minimum atomic E-state index is -0.693. The Labute approximate surface area is 102 Å². The standard InChI is InChI=1S/C12H19N3O2/c1-8(16)11(2,3)9-10(12(4,5)17-6)15-14-7-13-9/h7H,1-6H3. The molecule has 1 heterocycles. The van der Waals surface area contributed by atoms with Crippen LogP contribution < -0.4 is 0 Å². The molecule has 0 bridgehead atoms. The lowest BCUT2D eigenvalue weighted by atomic mass is 9.81. The maximum atomic E-state index is 11.7. The van der Waals surface area contributed by atoms with Gasteiger partial charge in [-0.15, -0.1) is 10.2 Å². The summed E-state index contributed by atoms with van der Waals surface area (Å²) in [4.78, 5) is 15.9. The zero-order chi connectivity index (χ0) is 13.3. The van der Waals surface area contributed by atoms with Crippen LogP contribution in [-0.4, -0.2) is 28.1 Å². The molecule has 0 aromatic carbocycles. The predicted molar refractivity (Wildman–Crippen MR) is 63.6 cm³/mol. The molecule has 5 nitrogen and oxygen atoms in total. The first-order chi connectivity index (χ1) is 7.73. The van der Waals surface area contributed by atoms with E-state index in [1.54, 1.807) is 14.0 Å². The number of carbonyl (C=O) groups is 1. The number of carbonyl (C=O) groups excluding carboxylic acids is 1. The Hall–Kier alpha value is -1.36. The Morgan fingerprint density at radius 1 is 1.24 bits per heavy atom. The van der Waals surface area contributed by atoms with Crippen molar-refractivity contribution in [2.75, 3.05) is 7.11 Å². The van der Waals surface area contributed by atoms with Gasteiger partial charge in [-0.05, 0) is 34.6 Å². The summed E-state index contributed by atoms with van der Waals surface area (Å²) in [6, 6.07) is 0. The molecule has 0 fully saturated rings. The van der Waals surface area contributed by atoms with Crippen LogP contribution in [0.4, 0.5) is 0 Å². The van der Waals surface area contributed by atoms with Crippen molar-refractivity contribution in [1.29, 1.82) is 0 Å². The Kier molecular flexibility index (Phi) is 3.62. The SMILES string of the molecule is COC(C)(C)c1nncnc1C(C)(C)C(C)=O. The number of methoxy groups -OCH3 is 1. The zero-order valence-corrected chi connectivity index (χ0v) is 11.2. The second-order valence-electron chi connectivity index (χ2n) is 5.05. The average Bonchev–Trinajstić information content (AvgIpc) is 2.29. The fraction of sp³-hybridized carbons (Fsp3) is 0.667. The van der Waals surface area contributed by atoms with E-state index in [0.717, 1.165) is 0 Å². The van der Waals surface area contributed by atoms with E-state index in [-0.39, 0.29) is 5.78 Å². The smallest absolute Gasteiger partial charge is 0.141 e. The van der Waals surface area contributed by atoms with Crippen LogP contribution in [0, 0.1) is 0 Å². The molecule has 1 rings (SSSR count). The molecule has 0 aliphatic heterocycles. The van der Waals surface area contributed by atoms with Gasteiger partial charge in [-0.25, -0.2) is 4.98 Å². The molecule has 0 spiro atoms. The van der Waals surface area contributed by atoms with E-state index in [1.165, 1.54) is 6.33 Å². The minimum Gasteiger partial charge on any atom is -0.372 e. The minimum absolute atomic E-state index is 0.0335. The van der Waals surface area contributed by atoms with Gasteiger partial charge in [-0.3, -0.25) is 4.79 Å². The lowest BCUT2D eigenvalue weighted by Gasteiger charge is -2.29. The lowest BCUT2D eigenvalue weighted by Crippen LogP contribution is -2.34. The summed E-state index contributed by atoms with van der Waals surface area (Å²) in [7, 11) is 1.60. The maximum Gasteiger partial charge on any atom is 0.141 e. The molecule has 0 amide bonds. The van der Waals surface area contributed by atoms with Gasteiger partial charge in [0.15, 0.2) is 0 Å². The highest BCUT2D eigenvalue weighted by Crippen LogP contribution is 2.31. The molecular formula is C12H19N3O2. The summed E-state index contributed by atoms with van der Waals surface area (Å²) in [5.74, 6) is 0.0335. The largest absolute Gasteiger partial charge is 0.372 e. The number of ketones is 1. The molecule has 0 aliphatic carbocycles. The Bertz CT molecular complexity index is 428. The van der Waals surface area contributed by atoms with Crippen molar-refractivity contribution in [2.45, 2.75) is 45.6 Å². The molecule has 0 unspecified atom stereocenters. The highest BCUT2D eigenvalue weighted by molar-refractivity contribution is 5.86. The zero-order valence-electron chi connectivity index (χ0n) is 11.2. The first-order valence-electron chi connectivity index (χ1n) is 5.48. The summed E-state index contributed by atoms with van der Waals surface area (Å²) >= 11 is 0. The van der Waals surface area contributed by atoms with E-state index in [9.17, 15) is 4.79 Å². The first kappa shape index (κ1) is 13.7. The van der Waals surface area contributed by atoms with Crippen LogP contribution >= 0.6 is 0 Å². The van der Waals surface area contributed by atoms with Gasteiger partial charge in [0.05, 0.1) is 11.1 Å². The fourth-order valence-electron chi connectivity index (χ4n) is 1.40. The lowest BCUT2D eigenvalue weighted by molar-refractivity contribution is -0.121. The second kappa shape index (κ2) is 4.49.